The molecule has 6 heteroatoms. The standard InChI is InChI=1S/C21H31N3O3/c1-27-20(25)8-5-17-3-6-19(7-4-17)24-15-2-14-23(21(24)26)16-11-18-9-12-22-13-10-18/h3-4,6-7,18,22H,2,5,8-16H2,1H3. The molecular formula is C21H31N3O3. The van der Waals surface area contributed by atoms with Crippen molar-refractivity contribution in [3.63, 3.8) is 0 Å². The van der Waals surface area contributed by atoms with Crippen molar-refractivity contribution in [3.05, 3.63) is 29.8 Å². The van der Waals surface area contributed by atoms with E-state index in [0.717, 1.165) is 62.7 Å². The normalized spacial score (nSPS) is 18.6. The van der Waals surface area contributed by atoms with Gasteiger partial charge in [-0.15, -0.1) is 0 Å². The van der Waals surface area contributed by atoms with E-state index in [9.17, 15) is 9.59 Å². The Labute approximate surface area is 161 Å². The number of aryl methyl sites for hydroxylation is 1. The van der Waals surface area contributed by atoms with Crippen LogP contribution in [0.4, 0.5) is 10.5 Å². The molecule has 2 aliphatic rings. The Kier molecular flexibility index (Phi) is 7.10. The fraction of sp³-hybridized carbons (Fsp3) is 0.619. The molecule has 0 saturated carbocycles. The number of hydrogen-bond acceptors (Lipinski definition) is 4. The van der Waals surface area contributed by atoms with E-state index < -0.39 is 0 Å². The molecule has 1 aromatic carbocycles. The number of hydrogen-bond donors (Lipinski definition) is 1. The van der Waals surface area contributed by atoms with Crippen molar-refractivity contribution in [2.24, 2.45) is 5.92 Å². The Morgan fingerprint density at radius 1 is 1.19 bits per heavy atom. The number of carbonyl (C=O) groups excluding carboxylic acids is 2. The van der Waals surface area contributed by atoms with Gasteiger partial charge in [0, 0.05) is 31.7 Å². The predicted molar refractivity (Wildman–Crippen MR) is 106 cm³/mol. The molecular weight excluding hydrogens is 342 g/mol. The SMILES string of the molecule is COC(=O)CCc1ccc(N2CCCN(CCC3CCNCC3)C2=O)cc1. The number of piperidine rings is 1. The van der Waals surface area contributed by atoms with Gasteiger partial charge in [-0.3, -0.25) is 9.69 Å². The van der Waals surface area contributed by atoms with E-state index in [1.54, 1.807) is 0 Å². The lowest BCUT2D eigenvalue weighted by Gasteiger charge is -2.36. The number of amides is 2. The fourth-order valence-corrected chi connectivity index (χ4v) is 3.93. The highest BCUT2D eigenvalue weighted by Gasteiger charge is 2.27. The summed E-state index contributed by atoms with van der Waals surface area (Å²) in [5.41, 5.74) is 2.02. The number of esters is 1. The molecule has 2 saturated heterocycles. The van der Waals surface area contributed by atoms with Crippen LogP contribution in [0.25, 0.3) is 0 Å². The number of methoxy groups -OCH3 is 1. The summed E-state index contributed by atoms with van der Waals surface area (Å²) in [7, 11) is 1.41. The van der Waals surface area contributed by atoms with Gasteiger partial charge in [0.05, 0.1) is 7.11 Å². The highest BCUT2D eigenvalue weighted by molar-refractivity contribution is 5.92. The number of ether oxygens (including phenoxy) is 1. The van der Waals surface area contributed by atoms with Crippen molar-refractivity contribution in [1.29, 1.82) is 0 Å². The molecule has 0 spiro atoms. The first-order chi connectivity index (χ1) is 13.2. The third-order valence-electron chi connectivity index (χ3n) is 5.67. The van der Waals surface area contributed by atoms with Crippen LogP contribution in [0.5, 0.6) is 0 Å². The van der Waals surface area contributed by atoms with E-state index in [-0.39, 0.29) is 12.0 Å². The third kappa shape index (κ3) is 5.45. The summed E-state index contributed by atoms with van der Waals surface area (Å²) in [6, 6.07) is 8.10. The highest BCUT2D eigenvalue weighted by Crippen LogP contribution is 2.23. The van der Waals surface area contributed by atoms with E-state index in [1.807, 2.05) is 34.1 Å². The Hall–Kier alpha value is -2.08. The van der Waals surface area contributed by atoms with Crippen molar-refractivity contribution in [3.8, 4) is 0 Å². The summed E-state index contributed by atoms with van der Waals surface area (Å²) < 4.78 is 4.68. The Morgan fingerprint density at radius 2 is 1.93 bits per heavy atom. The smallest absolute Gasteiger partial charge is 0.324 e. The molecule has 1 aromatic rings. The van der Waals surface area contributed by atoms with Crippen molar-refractivity contribution >= 4 is 17.7 Å². The van der Waals surface area contributed by atoms with Crippen LogP contribution >= 0.6 is 0 Å². The number of rotatable bonds is 7. The molecule has 6 nitrogen and oxygen atoms in total. The first-order valence-corrected chi connectivity index (χ1v) is 10.1. The van der Waals surface area contributed by atoms with E-state index in [0.29, 0.717) is 12.8 Å². The maximum Gasteiger partial charge on any atom is 0.324 e. The minimum Gasteiger partial charge on any atom is -0.469 e. The van der Waals surface area contributed by atoms with Gasteiger partial charge in [-0.2, -0.15) is 0 Å². The number of nitrogens with zero attached hydrogens (tertiary/aromatic N) is 2. The maximum atomic E-state index is 12.9. The lowest BCUT2D eigenvalue weighted by Crippen LogP contribution is -2.50. The van der Waals surface area contributed by atoms with Crippen LogP contribution in [0.2, 0.25) is 0 Å². The Morgan fingerprint density at radius 3 is 2.63 bits per heavy atom. The van der Waals surface area contributed by atoms with Gasteiger partial charge in [-0.1, -0.05) is 12.1 Å². The molecule has 27 heavy (non-hydrogen) atoms. The van der Waals surface area contributed by atoms with Gasteiger partial charge in [0.15, 0.2) is 0 Å². The molecule has 1 N–H and O–H groups in total. The number of benzene rings is 1. The second kappa shape index (κ2) is 9.74. The van der Waals surface area contributed by atoms with Gasteiger partial charge in [0.1, 0.15) is 0 Å². The van der Waals surface area contributed by atoms with Crippen molar-refractivity contribution < 1.29 is 14.3 Å². The summed E-state index contributed by atoms with van der Waals surface area (Å²) in [5, 5.41) is 3.40. The van der Waals surface area contributed by atoms with E-state index in [2.05, 4.69) is 10.1 Å². The van der Waals surface area contributed by atoms with Crippen LogP contribution in [0.3, 0.4) is 0 Å². The molecule has 2 fully saturated rings. The minimum absolute atomic E-state index is 0.123. The van der Waals surface area contributed by atoms with Crippen LogP contribution in [-0.2, 0) is 16.0 Å². The van der Waals surface area contributed by atoms with Crippen LogP contribution in [-0.4, -0.2) is 56.7 Å². The van der Waals surface area contributed by atoms with Crippen LogP contribution < -0.4 is 10.2 Å². The molecule has 148 valence electrons. The van der Waals surface area contributed by atoms with Crippen LogP contribution in [0, 0.1) is 5.92 Å². The number of anilines is 1. The summed E-state index contributed by atoms with van der Waals surface area (Å²) in [6.45, 7) is 4.69. The molecule has 3 rings (SSSR count). The second-order valence-electron chi connectivity index (χ2n) is 7.50. The zero-order valence-corrected chi connectivity index (χ0v) is 16.3. The lowest BCUT2D eigenvalue weighted by atomic mass is 9.94. The highest BCUT2D eigenvalue weighted by atomic mass is 16.5. The number of carbonyl (C=O) groups is 2. The second-order valence-corrected chi connectivity index (χ2v) is 7.50. The lowest BCUT2D eigenvalue weighted by molar-refractivity contribution is -0.140. The number of nitrogens with one attached hydrogen (secondary N) is 1. The molecule has 0 unspecified atom stereocenters. The molecule has 0 bridgehead atoms. The first kappa shape index (κ1) is 19.7. The monoisotopic (exact) mass is 373 g/mol. The van der Waals surface area contributed by atoms with Crippen molar-refractivity contribution in [1.82, 2.24) is 10.2 Å². The topological polar surface area (TPSA) is 61.9 Å². The molecule has 0 aromatic heterocycles. The maximum absolute atomic E-state index is 12.9. The number of urea groups is 1. The minimum atomic E-state index is -0.199. The molecule has 2 aliphatic heterocycles. The largest absolute Gasteiger partial charge is 0.469 e. The first-order valence-electron chi connectivity index (χ1n) is 10.1. The van der Waals surface area contributed by atoms with E-state index >= 15 is 0 Å². The Bertz CT molecular complexity index is 626. The average molecular weight is 373 g/mol. The quantitative estimate of drug-likeness (QED) is 0.747. The predicted octanol–water partition coefficient (Wildman–Crippen LogP) is 2.81. The van der Waals surface area contributed by atoms with Gasteiger partial charge in [0.2, 0.25) is 0 Å². The molecule has 2 heterocycles. The zero-order chi connectivity index (χ0) is 19.1. The van der Waals surface area contributed by atoms with Crippen LogP contribution in [0.15, 0.2) is 24.3 Å². The molecule has 2 amide bonds. The molecule has 0 atom stereocenters. The average Bonchev–Trinajstić information content (AvgIpc) is 2.72. The van der Waals surface area contributed by atoms with Crippen molar-refractivity contribution in [2.45, 2.75) is 38.5 Å². The van der Waals surface area contributed by atoms with Gasteiger partial charge in [0.25, 0.3) is 0 Å². The zero-order valence-electron chi connectivity index (χ0n) is 16.3. The summed E-state index contributed by atoms with van der Waals surface area (Å²) in [5.74, 6) is 0.540. The molecule has 0 aliphatic carbocycles. The van der Waals surface area contributed by atoms with Gasteiger partial charge in [-0.05, 0) is 68.8 Å². The summed E-state index contributed by atoms with van der Waals surface area (Å²) in [4.78, 5) is 28.1. The van der Waals surface area contributed by atoms with Gasteiger partial charge < -0.3 is 15.0 Å². The van der Waals surface area contributed by atoms with E-state index in [4.69, 9.17) is 0 Å². The summed E-state index contributed by atoms with van der Waals surface area (Å²) >= 11 is 0. The molecule has 0 radical (unpaired) electrons. The third-order valence-corrected chi connectivity index (χ3v) is 5.67. The van der Waals surface area contributed by atoms with Crippen molar-refractivity contribution in [2.75, 3.05) is 44.7 Å². The van der Waals surface area contributed by atoms with E-state index in [1.165, 1.54) is 20.0 Å². The van der Waals surface area contributed by atoms with Crippen LogP contribution in [0.1, 0.15) is 37.7 Å². The fourth-order valence-electron chi connectivity index (χ4n) is 3.93. The Balaban J connectivity index is 1.54. The van der Waals surface area contributed by atoms with Gasteiger partial charge >= 0.3 is 12.0 Å². The summed E-state index contributed by atoms with van der Waals surface area (Å²) in [6.07, 6.45) is 5.58. The van der Waals surface area contributed by atoms with Gasteiger partial charge in [-0.25, -0.2) is 4.79 Å².